The van der Waals surface area contributed by atoms with Crippen LogP contribution >= 0.6 is 11.3 Å². The van der Waals surface area contributed by atoms with Gasteiger partial charge in [0.2, 0.25) is 0 Å². The van der Waals surface area contributed by atoms with Gasteiger partial charge in [0.15, 0.2) is 0 Å². The lowest BCUT2D eigenvalue weighted by atomic mass is 10.0. The van der Waals surface area contributed by atoms with Gasteiger partial charge in [0.25, 0.3) is 10.0 Å². The maximum atomic E-state index is 12.7. The molecule has 0 aromatic carbocycles. The molecule has 0 radical (unpaired) electrons. The SMILES string of the molecule is CCCNCc1csc(S(=O)(=O)N2CCCC2(C)C)c1. The van der Waals surface area contributed by atoms with E-state index in [9.17, 15) is 8.42 Å². The Balaban J connectivity index is 2.14. The van der Waals surface area contributed by atoms with Gasteiger partial charge in [0, 0.05) is 18.6 Å². The number of hydrogen-bond donors (Lipinski definition) is 1. The van der Waals surface area contributed by atoms with Crippen LogP contribution in [-0.4, -0.2) is 31.4 Å². The Bertz CT molecular complexity index is 549. The summed E-state index contributed by atoms with van der Waals surface area (Å²) in [5.41, 5.74) is 0.794. The summed E-state index contributed by atoms with van der Waals surface area (Å²) in [4.78, 5) is 0. The Morgan fingerprint density at radius 2 is 2.20 bits per heavy atom. The normalized spacial score (nSPS) is 19.6. The highest BCUT2D eigenvalue weighted by atomic mass is 32.2. The van der Waals surface area contributed by atoms with E-state index in [0.717, 1.165) is 37.9 Å². The second kappa shape index (κ2) is 6.13. The summed E-state index contributed by atoms with van der Waals surface area (Å²) in [5, 5.41) is 5.24. The summed E-state index contributed by atoms with van der Waals surface area (Å²) in [6, 6.07) is 1.82. The molecule has 1 aliphatic rings. The smallest absolute Gasteiger partial charge is 0.253 e. The van der Waals surface area contributed by atoms with Crippen LogP contribution in [0.15, 0.2) is 15.7 Å². The highest BCUT2D eigenvalue weighted by molar-refractivity contribution is 7.91. The van der Waals surface area contributed by atoms with E-state index in [-0.39, 0.29) is 5.54 Å². The van der Waals surface area contributed by atoms with Crippen molar-refractivity contribution in [3.8, 4) is 0 Å². The van der Waals surface area contributed by atoms with Crippen molar-refractivity contribution in [2.24, 2.45) is 0 Å². The molecule has 1 saturated heterocycles. The van der Waals surface area contributed by atoms with Crippen molar-refractivity contribution in [2.45, 2.75) is 56.3 Å². The monoisotopic (exact) mass is 316 g/mol. The van der Waals surface area contributed by atoms with E-state index in [1.54, 1.807) is 4.31 Å². The van der Waals surface area contributed by atoms with Crippen LogP contribution in [-0.2, 0) is 16.6 Å². The standard InChI is InChI=1S/C14H24N2O2S2/c1-4-7-15-10-12-9-13(19-11-12)20(17,18)16-8-5-6-14(16,2)3/h9,11,15H,4-8,10H2,1-3H3. The highest BCUT2D eigenvalue weighted by Gasteiger charge is 2.41. The number of nitrogens with one attached hydrogen (secondary N) is 1. The molecule has 4 nitrogen and oxygen atoms in total. The first-order valence-corrected chi connectivity index (χ1v) is 9.51. The van der Waals surface area contributed by atoms with E-state index in [1.165, 1.54) is 11.3 Å². The minimum Gasteiger partial charge on any atom is -0.313 e. The van der Waals surface area contributed by atoms with E-state index < -0.39 is 10.0 Å². The zero-order valence-corrected chi connectivity index (χ0v) is 14.1. The highest BCUT2D eigenvalue weighted by Crippen LogP contribution is 2.35. The lowest BCUT2D eigenvalue weighted by molar-refractivity contribution is 0.292. The minimum atomic E-state index is -3.33. The van der Waals surface area contributed by atoms with Crippen molar-refractivity contribution in [1.29, 1.82) is 0 Å². The predicted octanol–water partition coefficient (Wildman–Crippen LogP) is 2.81. The van der Waals surface area contributed by atoms with E-state index in [1.807, 2.05) is 25.3 Å². The average Bonchev–Trinajstić information content (AvgIpc) is 2.96. The maximum absolute atomic E-state index is 12.7. The second-order valence-electron chi connectivity index (χ2n) is 5.94. The molecule has 1 aromatic heterocycles. The van der Waals surface area contributed by atoms with E-state index in [0.29, 0.717) is 10.8 Å². The van der Waals surface area contributed by atoms with E-state index in [4.69, 9.17) is 0 Å². The third-order valence-corrected chi connectivity index (χ3v) is 7.33. The van der Waals surface area contributed by atoms with Gasteiger partial charge in [0.1, 0.15) is 4.21 Å². The fourth-order valence-electron chi connectivity index (χ4n) is 2.63. The molecule has 20 heavy (non-hydrogen) atoms. The molecule has 1 aliphatic heterocycles. The molecule has 0 spiro atoms. The molecular weight excluding hydrogens is 292 g/mol. The summed E-state index contributed by atoms with van der Waals surface area (Å²) < 4.78 is 27.6. The molecule has 0 atom stereocenters. The van der Waals surface area contributed by atoms with Crippen molar-refractivity contribution in [1.82, 2.24) is 9.62 Å². The molecule has 0 amide bonds. The number of hydrogen-bond acceptors (Lipinski definition) is 4. The van der Waals surface area contributed by atoms with Gasteiger partial charge in [-0.2, -0.15) is 4.31 Å². The van der Waals surface area contributed by atoms with Crippen LogP contribution in [0, 0.1) is 0 Å². The number of rotatable bonds is 6. The lowest BCUT2D eigenvalue weighted by Crippen LogP contribution is -2.42. The van der Waals surface area contributed by atoms with Gasteiger partial charge < -0.3 is 5.32 Å². The third kappa shape index (κ3) is 3.24. The predicted molar refractivity (Wildman–Crippen MR) is 83.5 cm³/mol. The van der Waals surface area contributed by atoms with Gasteiger partial charge in [-0.1, -0.05) is 6.92 Å². The van der Waals surface area contributed by atoms with Gasteiger partial charge >= 0.3 is 0 Å². The second-order valence-corrected chi connectivity index (χ2v) is 8.94. The Kier molecular flexibility index (Phi) is 4.89. The Hall–Kier alpha value is -0.430. The zero-order chi connectivity index (χ0) is 14.8. The molecule has 0 bridgehead atoms. The summed E-state index contributed by atoms with van der Waals surface area (Å²) in [6.45, 7) is 8.46. The van der Waals surface area contributed by atoms with Crippen molar-refractivity contribution in [3.05, 3.63) is 17.0 Å². The number of sulfonamides is 1. The Morgan fingerprint density at radius 1 is 1.45 bits per heavy atom. The largest absolute Gasteiger partial charge is 0.313 e. The van der Waals surface area contributed by atoms with Crippen LogP contribution in [0.25, 0.3) is 0 Å². The first-order chi connectivity index (χ1) is 9.38. The lowest BCUT2D eigenvalue weighted by Gasteiger charge is -2.29. The first-order valence-electron chi connectivity index (χ1n) is 7.19. The minimum absolute atomic E-state index is 0.260. The van der Waals surface area contributed by atoms with Crippen LogP contribution in [0.2, 0.25) is 0 Å². The van der Waals surface area contributed by atoms with Crippen LogP contribution in [0.1, 0.15) is 45.6 Å². The molecule has 1 N–H and O–H groups in total. The fourth-order valence-corrected chi connectivity index (χ4v) is 5.80. The Morgan fingerprint density at radius 3 is 2.80 bits per heavy atom. The van der Waals surface area contributed by atoms with Gasteiger partial charge in [-0.3, -0.25) is 0 Å². The molecule has 114 valence electrons. The van der Waals surface area contributed by atoms with E-state index in [2.05, 4.69) is 12.2 Å². The quantitative estimate of drug-likeness (QED) is 0.821. The van der Waals surface area contributed by atoms with Crippen LogP contribution < -0.4 is 5.32 Å². The maximum Gasteiger partial charge on any atom is 0.253 e. The summed E-state index contributed by atoms with van der Waals surface area (Å²) in [5.74, 6) is 0. The molecular formula is C14H24N2O2S2. The Labute approximate surface area is 126 Å². The third-order valence-electron chi connectivity index (χ3n) is 3.75. The summed E-state index contributed by atoms with van der Waals surface area (Å²) in [6.07, 6.45) is 2.96. The molecule has 0 saturated carbocycles. The van der Waals surface area contributed by atoms with Crippen molar-refractivity contribution >= 4 is 21.4 Å². The molecule has 6 heteroatoms. The van der Waals surface area contributed by atoms with Gasteiger partial charge in [-0.15, -0.1) is 11.3 Å². The molecule has 2 heterocycles. The van der Waals surface area contributed by atoms with Crippen molar-refractivity contribution in [3.63, 3.8) is 0 Å². The van der Waals surface area contributed by atoms with Crippen molar-refractivity contribution in [2.75, 3.05) is 13.1 Å². The molecule has 1 aromatic rings. The molecule has 0 unspecified atom stereocenters. The molecule has 1 fully saturated rings. The van der Waals surface area contributed by atoms with Gasteiger partial charge in [-0.05, 0) is 56.7 Å². The number of thiophene rings is 1. The zero-order valence-electron chi connectivity index (χ0n) is 12.5. The first kappa shape index (κ1) is 15.9. The summed E-state index contributed by atoms with van der Waals surface area (Å²) in [7, 11) is -3.33. The molecule has 2 rings (SSSR count). The molecule has 0 aliphatic carbocycles. The van der Waals surface area contributed by atoms with Gasteiger partial charge in [-0.25, -0.2) is 8.42 Å². The fraction of sp³-hybridized carbons (Fsp3) is 0.714. The van der Waals surface area contributed by atoms with E-state index >= 15 is 0 Å². The number of nitrogens with zero attached hydrogens (tertiary/aromatic N) is 1. The topological polar surface area (TPSA) is 49.4 Å². The summed E-state index contributed by atoms with van der Waals surface area (Å²) >= 11 is 1.33. The van der Waals surface area contributed by atoms with Gasteiger partial charge in [0.05, 0.1) is 0 Å². The van der Waals surface area contributed by atoms with Crippen molar-refractivity contribution < 1.29 is 8.42 Å². The van der Waals surface area contributed by atoms with Crippen LogP contribution in [0.3, 0.4) is 0 Å². The average molecular weight is 316 g/mol. The van der Waals surface area contributed by atoms with Crippen LogP contribution in [0.4, 0.5) is 0 Å². The van der Waals surface area contributed by atoms with Crippen LogP contribution in [0.5, 0.6) is 0 Å².